The molecule has 2 aromatic carbocycles. The number of fused-ring (bicyclic) bond motifs is 1. The van der Waals surface area contributed by atoms with Crippen molar-refractivity contribution in [2.75, 3.05) is 7.11 Å². The summed E-state index contributed by atoms with van der Waals surface area (Å²) in [7, 11) is 1.53. The van der Waals surface area contributed by atoms with Crippen LogP contribution in [-0.2, 0) is 0 Å². The van der Waals surface area contributed by atoms with Gasteiger partial charge in [-0.05, 0) is 23.8 Å². The van der Waals surface area contributed by atoms with Crippen LogP contribution in [0.5, 0.6) is 5.75 Å². The summed E-state index contributed by atoms with van der Waals surface area (Å²) in [4.78, 5) is 0. The van der Waals surface area contributed by atoms with E-state index < -0.39 is 12.6 Å². The van der Waals surface area contributed by atoms with Gasteiger partial charge >= 0.3 is 0 Å². The maximum Gasteiger partial charge on any atom is 0.276 e. The highest BCUT2D eigenvalue weighted by molar-refractivity contribution is 5.96. The Balaban J connectivity index is 2.22. The maximum absolute atomic E-state index is 13.9. The van der Waals surface area contributed by atoms with Gasteiger partial charge in [0.25, 0.3) is 6.43 Å². The summed E-state index contributed by atoms with van der Waals surface area (Å²) in [5.41, 5.74) is 1.33. The van der Waals surface area contributed by atoms with Crippen LogP contribution >= 0.6 is 0 Å². The number of halogens is 3. The van der Waals surface area contributed by atoms with Crippen LogP contribution < -0.4 is 4.74 Å². The van der Waals surface area contributed by atoms with E-state index in [1.54, 1.807) is 48.5 Å². The third-order valence-corrected chi connectivity index (χ3v) is 3.47. The van der Waals surface area contributed by atoms with Crippen LogP contribution in [0.2, 0.25) is 0 Å². The van der Waals surface area contributed by atoms with Gasteiger partial charge in [0.2, 0.25) is 6.17 Å². The summed E-state index contributed by atoms with van der Waals surface area (Å²) in [6, 6.07) is 13.6. The van der Waals surface area contributed by atoms with Crippen LogP contribution in [0.4, 0.5) is 13.2 Å². The third kappa shape index (κ3) is 2.43. The molecule has 0 saturated carbocycles. The summed E-state index contributed by atoms with van der Waals surface area (Å²) in [5, 5.41) is 0.603. The highest BCUT2D eigenvalue weighted by Gasteiger charge is 2.30. The van der Waals surface area contributed by atoms with Gasteiger partial charge in [0, 0.05) is 10.9 Å². The smallest absolute Gasteiger partial charge is 0.276 e. The summed E-state index contributed by atoms with van der Waals surface area (Å²) in [5.74, 6) is 0.283. The van der Waals surface area contributed by atoms with E-state index in [1.807, 2.05) is 0 Å². The number of alkyl halides is 3. The molecule has 22 heavy (non-hydrogen) atoms. The number of hydrogen-bond acceptors (Lipinski definition) is 2. The van der Waals surface area contributed by atoms with Crippen molar-refractivity contribution >= 4 is 11.0 Å². The van der Waals surface area contributed by atoms with Crippen molar-refractivity contribution in [2.45, 2.75) is 12.6 Å². The van der Waals surface area contributed by atoms with Crippen LogP contribution in [-0.4, -0.2) is 13.5 Å². The van der Waals surface area contributed by atoms with Gasteiger partial charge in [0.15, 0.2) is 5.76 Å². The maximum atomic E-state index is 13.9. The second-order valence-electron chi connectivity index (χ2n) is 4.80. The molecule has 1 aromatic heterocycles. The molecule has 3 aromatic rings. The van der Waals surface area contributed by atoms with Gasteiger partial charge in [0.1, 0.15) is 11.3 Å². The van der Waals surface area contributed by atoms with E-state index in [0.29, 0.717) is 27.8 Å². The Hall–Kier alpha value is -2.43. The first-order valence-electron chi connectivity index (χ1n) is 6.70. The SMILES string of the molecule is COc1ccc(-c2c(C(F)C(F)F)oc3ccccc23)cc1. The number of ether oxygens (including phenoxy) is 1. The fraction of sp³-hybridized carbons (Fsp3) is 0.176. The van der Waals surface area contributed by atoms with E-state index >= 15 is 0 Å². The lowest BCUT2D eigenvalue weighted by molar-refractivity contribution is 0.0389. The lowest BCUT2D eigenvalue weighted by Gasteiger charge is -2.08. The summed E-state index contributed by atoms with van der Waals surface area (Å²) < 4.78 is 49.9. The molecule has 0 spiro atoms. The number of methoxy groups -OCH3 is 1. The van der Waals surface area contributed by atoms with Gasteiger partial charge in [-0.2, -0.15) is 0 Å². The number of rotatable bonds is 4. The highest BCUT2D eigenvalue weighted by atomic mass is 19.3. The molecule has 1 heterocycles. The standard InChI is InChI=1S/C17H13F3O2/c1-21-11-8-6-10(7-9-11)14-12-4-2-3-5-13(12)22-16(14)15(18)17(19)20/h2-9,15,17H,1H3. The zero-order valence-corrected chi connectivity index (χ0v) is 11.7. The Morgan fingerprint density at radius 1 is 0.955 bits per heavy atom. The largest absolute Gasteiger partial charge is 0.497 e. The number of furan rings is 1. The predicted octanol–water partition coefficient (Wildman–Crippen LogP) is 5.38. The van der Waals surface area contributed by atoms with Crippen LogP contribution in [0.15, 0.2) is 52.9 Å². The molecule has 0 N–H and O–H groups in total. The lowest BCUT2D eigenvalue weighted by atomic mass is 10.00. The molecule has 3 rings (SSSR count). The summed E-state index contributed by atoms with van der Waals surface area (Å²) >= 11 is 0. The Morgan fingerprint density at radius 2 is 1.64 bits per heavy atom. The van der Waals surface area contributed by atoms with Crippen molar-refractivity contribution in [3.63, 3.8) is 0 Å². The predicted molar refractivity (Wildman–Crippen MR) is 78.1 cm³/mol. The monoisotopic (exact) mass is 306 g/mol. The molecule has 2 nitrogen and oxygen atoms in total. The molecule has 0 bridgehead atoms. The second kappa shape index (κ2) is 5.75. The lowest BCUT2D eigenvalue weighted by Crippen LogP contribution is -2.03. The third-order valence-electron chi connectivity index (χ3n) is 3.47. The van der Waals surface area contributed by atoms with Gasteiger partial charge < -0.3 is 9.15 Å². The Morgan fingerprint density at radius 3 is 2.27 bits per heavy atom. The molecule has 1 atom stereocenters. The Kier molecular flexibility index (Phi) is 3.79. The molecule has 0 fully saturated rings. The molecule has 1 unspecified atom stereocenters. The summed E-state index contributed by atoms with van der Waals surface area (Å²) in [6.45, 7) is 0. The minimum Gasteiger partial charge on any atom is -0.497 e. The fourth-order valence-corrected chi connectivity index (χ4v) is 2.43. The van der Waals surface area contributed by atoms with Gasteiger partial charge in [0.05, 0.1) is 7.11 Å². The van der Waals surface area contributed by atoms with E-state index in [2.05, 4.69) is 0 Å². The molecule has 0 saturated heterocycles. The average molecular weight is 306 g/mol. The quantitative estimate of drug-likeness (QED) is 0.645. The molecular formula is C17H13F3O2. The van der Waals surface area contributed by atoms with Crippen molar-refractivity contribution in [2.24, 2.45) is 0 Å². The summed E-state index contributed by atoms with van der Waals surface area (Å²) in [6.07, 6.45) is -5.61. The Labute approximate surface area is 125 Å². The molecule has 5 heteroatoms. The first-order chi connectivity index (χ1) is 10.6. The topological polar surface area (TPSA) is 22.4 Å². The van der Waals surface area contributed by atoms with Crippen molar-refractivity contribution in [1.29, 1.82) is 0 Å². The van der Waals surface area contributed by atoms with Crippen molar-refractivity contribution in [3.05, 3.63) is 54.3 Å². The second-order valence-corrected chi connectivity index (χ2v) is 4.80. The van der Waals surface area contributed by atoms with Gasteiger partial charge in [-0.25, -0.2) is 13.2 Å². The highest BCUT2D eigenvalue weighted by Crippen LogP contribution is 2.41. The molecule has 114 valence electrons. The molecular weight excluding hydrogens is 293 g/mol. The van der Waals surface area contributed by atoms with E-state index in [9.17, 15) is 13.2 Å². The molecule has 0 aliphatic carbocycles. The zero-order valence-electron chi connectivity index (χ0n) is 11.7. The minimum atomic E-state index is -3.14. The Bertz CT molecular complexity index is 778. The van der Waals surface area contributed by atoms with Crippen molar-refractivity contribution in [3.8, 4) is 16.9 Å². The van der Waals surface area contributed by atoms with E-state index in [4.69, 9.17) is 9.15 Å². The van der Waals surface area contributed by atoms with Gasteiger partial charge in [-0.1, -0.05) is 30.3 Å². The van der Waals surface area contributed by atoms with Gasteiger partial charge in [-0.15, -0.1) is 0 Å². The normalized spacial score (nSPS) is 12.8. The van der Waals surface area contributed by atoms with Crippen LogP contribution in [0, 0.1) is 0 Å². The first-order valence-corrected chi connectivity index (χ1v) is 6.70. The molecule has 0 aliphatic rings. The molecule has 0 radical (unpaired) electrons. The average Bonchev–Trinajstić information content (AvgIpc) is 2.93. The zero-order chi connectivity index (χ0) is 15.7. The van der Waals surface area contributed by atoms with Crippen molar-refractivity contribution < 1.29 is 22.3 Å². The first kappa shape index (κ1) is 14.5. The molecule has 0 aliphatic heterocycles. The van der Waals surface area contributed by atoms with Crippen LogP contribution in [0.25, 0.3) is 22.1 Å². The van der Waals surface area contributed by atoms with E-state index in [-0.39, 0.29) is 5.76 Å². The number of hydrogen-bond donors (Lipinski definition) is 0. The number of para-hydroxylation sites is 1. The van der Waals surface area contributed by atoms with Crippen LogP contribution in [0.1, 0.15) is 11.9 Å². The van der Waals surface area contributed by atoms with Crippen molar-refractivity contribution in [1.82, 2.24) is 0 Å². The minimum absolute atomic E-state index is 0.346. The van der Waals surface area contributed by atoms with Gasteiger partial charge in [-0.3, -0.25) is 0 Å². The van der Waals surface area contributed by atoms with E-state index in [0.717, 1.165) is 0 Å². The van der Waals surface area contributed by atoms with Crippen LogP contribution in [0.3, 0.4) is 0 Å². The fourth-order valence-electron chi connectivity index (χ4n) is 2.43. The number of benzene rings is 2. The van der Waals surface area contributed by atoms with E-state index in [1.165, 1.54) is 7.11 Å². The molecule has 0 amide bonds.